The van der Waals surface area contributed by atoms with Crippen LogP contribution in [-0.2, 0) is 4.79 Å². The Labute approximate surface area is 119 Å². The van der Waals surface area contributed by atoms with Crippen LogP contribution in [0, 0.1) is 11.3 Å². The summed E-state index contributed by atoms with van der Waals surface area (Å²) in [5.41, 5.74) is 1.20. The van der Waals surface area contributed by atoms with Gasteiger partial charge in [0.1, 0.15) is 11.6 Å². The standard InChI is InChI=1S/C16H19N3O/c1-13(14-7-3-2-4-8-14)18-16(20)15(11-17)12-19-9-5-6-10-19/h2-4,7-8,12-13H,5-6,9-10H2,1H3,(H,18,20)/b15-12-. The van der Waals surface area contributed by atoms with Crippen LogP contribution in [0.25, 0.3) is 0 Å². The predicted octanol–water partition coefficient (Wildman–Crippen LogP) is 2.37. The molecule has 1 aromatic carbocycles. The second-order valence-electron chi connectivity index (χ2n) is 5.00. The van der Waals surface area contributed by atoms with E-state index in [1.54, 1.807) is 6.20 Å². The zero-order chi connectivity index (χ0) is 14.4. The molecule has 1 N–H and O–H groups in total. The monoisotopic (exact) mass is 269 g/mol. The number of carbonyl (C=O) groups excluding carboxylic acids is 1. The molecule has 0 bridgehead atoms. The average molecular weight is 269 g/mol. The molecule has 4 heteroatoms. The fourth-order valence-corrected chi connectivity index (χ4v) is 2.29. The summed E-state index contributed by atoms with van der Waals surface area (Å²) in [7, 11) is 0. The van der Waals surface area contributed by atoms with Crippen molar-refractivity contribution in [3.05, 3.63) is 47.7 Å². The van der Waals surface area contributed by atoms with Gasteiger partial charge in [0, 0.05) is 19.3 Å². The summed E-state index contributed by atoms with van der Waals surface area (Å²) in [5.74, 6) is -0.309. The number of amides is 1. The van der Waals surface area contributed by atoms with Crippen LogP contribution in [0.1, 0.15) is 31.4 Å². The zero-order valence-corrected chi connectivity index (χ0v) is 11.7. The zero-order valence-electron chi connectivity index (χ0n) is 11.7. The largest absolute Gasteiger partial charge is 0.376 e. The minimum absolute atomic E-state index is 0.112. The number of hydrogen-bond acceptors (Lipinski definition) is 3. The molecule has 0 saturated carbocycles. The van der Waals surface area contributed by atoms with Crippen molar-refractivity contribution >= 4 is 5.91 Å². The third-order valence-corrected chi connectivity index (χ3v) is 3.46. The van der Waals surface area contributed by atoms with Crippen molar-refractivity contribution in [3.8, 4) is 6.07 Å². The van der Waals surface area contributed by atoms with Gasteiger partial charge in [0.2, 0.25) is 0 Å². The summed E-state index contributed by atoms with van der Waals surface area (Å²) >= 11 is 0. The van der Waals surface area contributed by atoms with E-state index in [0.717, 1.165) is 31.5 Å². The van der Waals surface area contributed by atoms with Crippen molar-refractivity contribution in [2.24, 2.45) is 0 Å². The molecule has 2 rings (SSSR count). The Morgan fingerprint density at radius 2 is 2.00 bits per heavy atom. The Morgan fingerprint density at radius 3 is 2.60 bits per heavy atom. The molecular weight excluding hydrogens is 250 g/mol. The van der Waals surface area contributed by atoms with E-state index in [-0.39, 0.29) is 17.5 Å². The van der Waals surface area contributed by atoms with E-state index < -0.39 is 0 Å². The molecule has 1 amide bonds. The van der Waals surface area contributed by atoms with Crippen LogP contribution in [-0.4, -0.2) is 23.9 Å². The lowest BCUT2D eigenvalue weighted by molar-refractivity contribution is -0.117. The quantitative estimate of drug-likeness (QED) is 0.674. The lowest BCUT2D eigenvalue weighted by atomic mass is 10.1. The van der Waals surface area contributed by atoms with Crippen LogP contribution >= 0.6 is 0 Å². The van der Waals surface area contributed by atoms with Gasteiger partial charge in [-0.1, -0.05) is 30.3 Å². The average Bonchev–Trinajstić information content (AvgIpc) is 2.98. The van der Waals surface area contributed by atoms with Gasteiger partial charge in [-0.25, -0.2) is 0 Å². The van der Waals surface area contributed by atoms with E-state index in [0.29, 0.717) is 0 Å². The molecule has 1 aliphatic rings. The highest BCUT2D eigenvalue weighted by molar-refractivity contribution is 5.97. The molecule has 1 aromatic rings. The van der Waals surface area contributed by atoms with E-state index in [1.165, 1.54) is 0 Å². The molecule has 1 saturated heterocycles. The third kappa shape index (κ3) is 3.61. The van der Waals surface area contributed by atoms with Gasteiger partial charge >= 0.3 is 0 Å². The van der Waals surface area contributed by atoms with Crippen molar-refractivity contribution in [1.82, 2.24) is 10.2 Å². The van der Waals surface area contributed by atoms with Crippen LogP contribution < -0.4 is 5.32 Å². The smallest absolute Gasteiger partial charge is 0.263 e. The van der Waals surface area contributed by atoms with Gasteiger partial charge in [-0.05, 0) is 25.3 Å². The van der Waals surface area contributed by atoms with E-state index in [9.17, 15) is 4.79 Å². The number of benzene rings is 1. The second-order valence-corrected chi connectivity index (χ2v) is 5.00. The summed E-state index contributed by atoms with van der Waals surface area (Å²) in [5, 5.41) is 12.0. The summed E-state index contributed by atoms with van der Waals surface area (Å²) in [4.78, 5) is 14.2. The molecule has 0 spiro atoms. The molecular formula is C16H19N3O. The molecule has 20 heavy (non-hydrogen) atoms. The van der Waals surface area contributed by atoms with Gasteiger partial charge in [0.15, 0.2) is 0 Å². The molecule has 1 fully saturated rings. The first-order chi connectivity index (χ1) is 9.70. The van der Waals surface area contributed by atoms with Crippen LogP contribution in [0.4, 0.5) is 0 Å². The molecule has 4 nitrogen and oxygen atoms in total. The van der Waals surface area contributed by atoms with Crippen molar-refractivity contribution in [3.63, 3.8) is 0 Å². The van der Waals surface area contributed by atoms with Gasteiger partial charge in [-0.2, -0.15) is 5.26 Å². The van der Waals surface area contributed by atoms with Crippen LogP contribution in [0.5, 0.6) is 0 Å². The van der Waals surface area contributed by atoms with Crippen molar-refractivity contribution in [2.75, 3.05) is 13.1 Å². The molecule has 0 aliphatic carbocycles. The summed E-state index contributed by atoms with van der Waals surface area (Å²) < 4.78 is 0. The lowest BCUT2D eigenvalue weighted by Gasteiger charge is -2.15. The Morgan fingerprint density at radius 1 is 1.35 bits per heavy atom. The van der Waals surface area contributed by atoms with E-state index >= 15 is 0 Å². The first kappa shape index (κ1) is 14.1. The van der Waals surface area contributed by atoms with Gasteiger partial charge in [0.25, 0.3) is 5.91 Å². The van der Waals surface area contributed by atoms with Crippen LogP contribution in [0.2, 0.25) is 0 Å². The summed E-state index contributed by atoms with van der Waals surface area (Å²) in [6.07, 6.45) is 3.93. The molecule has 104 valence electrons. The van der Waals surface area contributed by atoms with E-state index in [4.69, 9.17) is 5.26 Å². The Balaban J connectivity index is 2.01. The highest BCUT2D eigenvalue weighted by Gasteiger charge is 2.16. The maximum absolute atomic E-state index is 12.1. The Hall–Kier alpha value is -2.28. The SMILES string of the molecule is CC(NC(=O)/C(C#N)=C\N1CCCC1)c1ccccc1. The van der Waals surface area contributed by atoms with E-state index in [1.807, 2.05) is 48.2 Å². The minimum Gasteiger partial charge on any atom is -0.376 e. The summed E-state index contributed by atoms with van der Waals surface area (Å²) in [6, 6.07) is 11.6. The predicted molar refractivity (Wildman–Crippen MR) is 77.5 cm³/mol. The molecule has 1 aliphatic heterocycles. The number of nitrogens with one attached hydrogen (secondary N) is 1. The van der Waals surface area contributed by atoms with Gasteiger partial charge in [-0.15, -0.1) is 0 Å². The fraction of sp³-hybridized carbons (Fsp3) is 0.375. The number of rotatable bonds is 4. The van der Waals surface area contributed by atoms with Crippen molar-refractivity contribution in [2.45, 2.75) is 25.8 Å². The highest BCUT2D eigenvalue weighted by Crippen LogP contribution is 2.13. The van der Waals surface area contributed by atoms with Crippen molar-refractivity contribution < 1.29 is 4.79 Å². The fourth-order valence-electron chi connectivity index (χ4n) is 2.29. The third-order valence-electron chi connectivity index (χ3n) is 3.46. The maximum Gasteiger partial charge on any atom is 0.263 e. The number of nitriles is 1. The summed E-state index contributed by atoms with van der Waals surface area (Å²) in [6.45, 7) is 3.76. The van der Waals surface area contributed by atoms with Gasteiger partial charge < -0.3 is 10.2 Å². The normalized spacial score (nSPS) is 16.6. The first-order valence-corrected chi connectivity index (χ1v) is 6.92. The molecule has 0 aromatic heterocycles. The van der Waals surface area contributed by atoms with Crippen LogP contribution in [0.3, 0.4) is 0 Å². The Bertz CT molecular complexity index is 524. The topological polar surface area (TPSA) is 56.1 Å². The van der Waals surface area contributed by atoms with Gasteiger partial charge in [-0.3, -0.25) is 4.79 Å². The van der Waals surface area contributed by atoms with Crippen molar-refractivity contribution in [1.29, 1.82) is 5.26 Å². The minimum atomic E-state index is -0.309. The number of nitrogens with zero attached hydrogens (tertiary/aromatic N) is 2. The molecule has 1 unspecified atom stereocenters. The first-order valence-electron chi connectivity index (χ1n) is 6.92. The molecule has 0 radical (unpaired) electrons. The highest BCUT2D eigenvalue weighted by atomic mass is 16.1. The van der Waals surface area contributed by atoms with Crippen LogP contribution in [0.15, 0.2) is 42.1 Å². The number of likely N-dealkylation sites (tertiary alicyclic amines) is 1. The maximum atomic E-state index is 12.1. The second kappa shape index (κ2) is 6.76. The Kier molecular flexibility index (Phi) is 4.78. The van der Waals surface area contributed by atoms with Gasteiger partial charge in [0.05, 0.1) is 6.04 Å². The number of hydrogen-bond donors (Lipinski definition) is 1. The number of carbonyl (C=O) groups is 1. The molecule has 1 heterocycles. The molecule has 1 atom stereocenters. The van der Waals surface area contributed by atoms with E-state index in [2.05, 4.69) is 5.32 Å². The lowest BCUT2D eigenvalue weighted by Crippen LogP contribution is -2.28.